The number of esters is 2. The molecule has 0 radical (unpaired) electrons. The first-order valence-electron chi connectivity index (χ1n) is 22.3. The van der Waals surface area contributed by atoms with Crippen molar-refractivity contribution in [3.8, 4) is 0 Å². The molecule has 4 N–H and O–H groups in total. The Labute approximate surface area is 329 Å². The van der Waals surface area contributed by atoms with Gasteiger partial charge in [-0.1, -0.05) is 161 Å². The van der Waals surface area contributed by atoms with E-state index in [0.29, 0.717) is 12.8 Å². The molecule has 6 atom stereocenters. The van der Waals surface area contributed by atoms with Crippen molar-refractivity contribution in [2.75, 3.05) is 19.8 Å². The topological polar surface area (TPSA) is 152 Å². The molecule has 0 bridgehead atoms. The van der Waals surface area contributed by atoms with Gasteiger partial charge in [-0.25, -0.2) is 0 Å². The Kier molecular flexibility index (Phi) is 33.5. The Morgan fingerprint density at radius 1 is 0.556 bits per heavy atom. The lowest BCUT2D eigenvalue weighted by Crippen LogP contribution is -2.59. The fourth-order valence-corrected chi connectivity index (χ4v) is 6.83. The van der Waals surface area contributed by atoms with Gasteiger partial charge in [0.25, 0.3) is 0 Å². The van der Waals surface area contributed by atoms with Crippen LogP contribution in [-0.4, -0.2) is 89.0 Å². The molecule has 1 rings (SSSR count). The number of ether oxygens (including phenoxy) is 4. The average Bonchev–Trinajstić information content (AvgIpc) is 3.17. The van der Waals surface area contributed by atoms with Gasteiger partial charge in [-0.15, -0.1) is 0 Å². The Hall–Kier alpha value is -1.56. The van der Waals surface area contributed by atoms with Crippen LogP contribution in [0.4, 0.5) is 0 Å². The van der Waals surface area contributed by atoms with E-state index in [0.717, 1.165) is 44.9 Å². The lowest BCUT2D eigenvalue weighted by atomic mass is 9.99. The summed E-state index contributed by atoms with van der Waals surface area (Å²) >= 11 is 0. The summed E-state index contributed by atoms with van der Waals surface area (Å²) < 4.78 is 22.1. The molecule has 0 spiro atoms. The van der Waals surface area contributed by atoms with E-state index in [1.54, 1.807) is 0 Å². The Morgan fingerprint density at radius 2 is 0.981 bits per heavy atom. The van der Waals surface area contributed by atoms with Gasteiger partial charge in [0.15, 0.2) is 12.4 Å². The van der Waals surface area contributed by atoms with Crippen molar-refractivity contribution in [1.82, 2.24) is 0 Å². The highest BCUT2D eigenvalue weighted by molar-refractivity contribution is 5.70. The zero-order chi connectivity index (χ0) is 39.5. The second kappa shape index (κ2) is 35.8. The van der Waals surface area contributed by atoms with Gasteiger partial charge in [0.1, 0.15) is 31.0 Å². The van der Waals surface area contributed by atoms with Crippen LogP contribution in [0.25, 0.3) is 0 Å². The lowest BCUT2D eigenvalue weighted by Gasteiger charge is -2.39. The number of rotatable bonds is 37. The second-order valence-electron chi connectivity index (χ2n) is 15.5. The maximum absolute atomic E-state index is 12.7. The van der Waals surface area contributed by atoms with Gasteiger partial charge in [-0.3, -0.25) is 9.59 Å². The van der Waals surface area contributed by atoms with Crippen molar-refractivity contribution in [3.63, 3.8) is 0 Å². The van der Waals surface area contributed by atoms with Gasteiger partial charge in [-0.05, 0) is 38.5 Å². The van der Waals surface area contributed by atoms with E-state index in [2.05, 4.69) is 26.0 Å². The Balaban J connectivity index is 2.34. The van der Waals surface area contributed by atoms with Gasteiger partial charge in [0.2, 0.25) is 0 Å². The third kappa shape index (κ3) is 27.1. The van der Waals surface area contributed by atoms with Crippen LogP contribution in [0.2, 0.25) is 0 Å². The molecule has 318 valence electrons. The van der Waals surface area contributed by atoms with E-state index in [9.17, 15) is 30.0 Å². The van der Waals surface area contributed by atoms with E-state index < -0.39 is 49.4 Å². The molecular formula is C44H82O10. The highest BCUT2D eigenvalue weighted by Crippen LogP contribution is 2.23. The van der Waals surface area contributed by atoms with Crippen molar-refractivity contribution in [2.24, 2.45) is 0 Å². The van der Waals surface area contributed by atoms with Crippen molar-refractivity contribution < 1.29 is 49.0 Å². The molecule has 1 aliphatic heterocycles. The van der Waals surface area contributed by atoms with E-state index in [1.165, 1.54) is 116 Å². The van der Waals surface area contributed by atoms with Gasteiger partial charge in [0, 0.05) is 12.8 Å². The third-order valence-corrected chi connectivity index (χ3v) is 10.4. The first-order chi connectivity index (χ1) is 26.3. The number of hydrogen-bond donors (Lipinski definition) is 4. The molecule has 54 heavy (non-hydrogen) atoms. The maximum atomic E-state index is 12.7. The normalized spacial score (nSPS) is 20.7. The van der Waals surface area contributed by atoms with Gasteiger partial charge >= 0.3 is 11.9 Å². The first kappa shape index (κ1) is 50.5. The molecule has 10 heteroatoms. The third-order valence-electron chi connectivity index (χ3n) is 10.4. The molecule has 0 aromatic rings. The molecule has 1 aliphatic rings. The Bertz CT molecular complexity index is 897. The monoisotopic (exact) mass is 771 g/mol. The zero-order valence-electron chi connectivity index (χ0n) is 34.5. The predicted octanol–water partition coefficient (Wildman–Crippen LogP) is 9.17. The SMILES string of the molecule is CCCCCCCCCC/C=C/CCCCCC(=O)OC[C@@H](CO[C@H]1O[C@@H](CO)[C@@H](O)C(O)C1O)OC(=O)CCCCCCCCCCCCCCCC. The molecule has 0 aromatic heterocycles. The Morgan fingerprint density at radius 3 is 1.46 bits per heavy atom. The first-order valence-corrected chi connectivity index (χ1v) is 22.3. The summed E-state index contributed by atoms with van der Waals surface area (Å²) in [6, 6.07) is 0. The molecule has 0 amide bonds. The van der Waals surface area contributed by atoms with Crippen LogP contribution in [0.3, 0.4) is 0 Å². The van der Waals surface area contributed by atoms with Crippen LogP contribution >= 0.6 is 0 Å². The molecule has 10 nitrogen and oxygen atoms in total. The second-order valence-corrected chi connectivity index (χ2v) is 15.5. The molecule has 1 fully saturated rings. The summed E-state index contributed by atoms with van der Waals surface area (Å²) in [5.74, 6) is -0.816. The van der Waals surface area contributed by atoms with Crippen molar-refractivity contribution >= 4 is 11.9 Å². The van der Waals surface area contributed by atoms with Crippen molar-refractivity contribution in [2.45, 2.75) is 237 Å². The van der Waals surface area contributed by atoms with Crippen molar-refractivity contribution in [1.29, 1.82) is 0 Å². The molecule has 0 saturated carbocycles. The van der Waals surface area contributed by atoms with Gasteiger partial charge < -0.3 is 39.4 Å². The zero-order valence-corrected chi connectivity index (χ0v) is 34.5. The average molecular weight is 771 g/mol. The van der Waals surface area contributed by atoms with Crippen LogP contribution < -0.4 is 0 Å². The number of carbonyl (C=O) groups is 2. The van der Waals surface area contributed by atoms with Crippen LogP contribution in [0, 0.1) is 0 Å². The van der Waals surface area contributed by atoms with Crippen molar-refractivity contribution in [3.05, 3.63) is 12.2 Å². The predicted molar refractivity (Wildman–Crippen MR) is 215 cm³/mol. The molecule has 1 saturated heterocycles. The number of unbranched alkanes of at least 4 members (excludes halogenated alkanes) is 24. The number of hydrogen-bond acceptors (Lipinski definition) is 10. The summed E-state index contributed by atoms with van der Waals surface area (Å²) in [7, 11) is 0. The number of allylic oxidation sites excluding steroid dienone is 2. The summed E-state index contributed by atoms with van der Waals surface area (Å²) in [6.45, 7) is 3.42. The summed E-state index contributed by atoms with van der Waals surface area (Å²) in [5, 5.41) is 40.0. The molecular weight excluding hydrogens is 688 g/mol. The number of aliphatic hydroxyl groups is 4. The minimum absolute atomic E-state index is 0.220. The molecule has 2 unspecified atom stereocenters. The van der Waals surface area contributed by atoms with E-state index in [-0.39, 0.29) is 32.0 Å². The minimum atomic E-state index is -1.59. The summed E-state index contributed by atoms with van der Waals surface area (Å²) in [4.78, 5) is 25.3. The highest BCUT2D eigenvalue weighted by Gasteiger charge is 2.44. The molecule has 0 aromatic carbocycles. The quantitative estimate of drug-likeness (QED) is 0.0273. The minimum Gasteiger partial charge on any atom is -0.462 e. The van der Waals surface area contributed by atoms with Crippen LogP contribution in [0.5, 0.6) is 0 Å². The largest absolute Gasteiger partial charge is 0.462 e. The van der Waals surface area contributed by atoms with Crippen LogP contribution in [0.1, 0.15) is 200 Å². The van der Waals surface area contributed by atoms with Gasteiger partial charge in [0.05, 0.1) is 13.2 Å². The maximum Gasteiger partial charge on any atom is 0.306 e. The lowest BCUT2D eigenvalue weighted by molar-refractivity contribution is -0.305. The number of aliphatic hydroxyl groups excluding tert-OH is 4. The summed E-state index contributed by atoms with van der Waals surface area (Å²) in [6.07, 6.45) is 29.3. The summed E-state index contributed by atoms with van der Waals surface area (Å²) in [5.41, 5.74) is 0. The van der Waals surface area contributed by atoms with E-state index in [1.807, 2.05) is 0 Å². The molecule has 0 aliphatic carbocycles. The van der Waals surface area contributed by atoms with E-state index >= 15 is 0 Å². The van der Waals surface area contributed by atoms with E-state index in [4.69, 9.17) is 18.9 Å². The molecule has 1 heterocycles. The fraction of sp³-hybridized carbons (Fsp3) is 0.909. The van der Waals surface area contributed by atoms with Crippen LogP contribution in [0.15, 0.2) is 12.2 Å². The van der Waals surface area contributed by atoms with Crippen LogP contribution in [-0.2, 0) is 28.5 Å². The number of carbonyl (C=O) groups excluding carboxylic acids is 2. The smallest absolute Gasteiger partial charge is 0.306 e. The standard InChI is InChI=1S/C44H82O10/c1-3-5-7-9-11-13-15-17-19-21-22-24-26-28-30-32-39(46)51-35-37(36-52-44-43(50)42(49)41(48)38(34-45)54-44)53-40(47)33-31-29-27-25-23-20-18-16-14-12-10-8-6-4-2/h21-22,37-38,41-45,48-50H,3-20,23-36H2,1-2H3/b22-21+/t37-,38-,41+,42?,43?,44-/m0/s1. The fourth-order valence-electron chi connectivity index (χ4n) is 6.83. The highest BCUT2D eigenvalue weighted by atomic mass is 16.7. The van der Waals surface area contributed by atoms with Gasteiger partial charge in [-0.2, -0.15) is 0 Å².